The topological polar surface area (TPSA) is 66.3 Å². The van der Waals surface area contributed by atoms with Crippen molar-refractivity contribution in [2.45, 2.75) is 13.0 Å². The van der Waals surface area contributed by atoms with Crippen molar-refractivity contribution in [3.05, 3.63) is 81.7 Å². The summed E-state index contributed by atoms with van der Waals surface area (Å²) in [5.41, 5.74) is 2.33. The first-order chi connectivity index (χ1) is 15.5. The Balaban J connectivity index is 1.44. The van der Waals surface area contributed by atoms with Gasteiger partial charge >= 0.3 is 0 Å². The molecule has 5 rings (SSSR count). The number of hydrogen-bond donors (Lipinski definition) is 1. The summed E-state index contributed by atoms with van der Waals surface area (Å²) in [7, 11) is 0. The van der Waals surface area contributed by atoms with E-state index in [0.717, 1.165) is 36.0 Å². The molecule has 3 aromatic rings. The molecule has 2 aliphatic heterocycles. The number of amides is 1. The van der Waals surface area contributed by atoms with Crippen molar-refractivity contribution in [1.29, 1.82) is 0 Å². The Bertz CT molecular complexity index is 1180. The average Bonchev–Trinajstić information content (AvgIpc) is 3.28. The largest absolute Gasteiger partial charge is 0.353 e. The molecule has 1 unspecified atom stereocenters. The zero-order chi connectivity index (χ0) is 22.2. The van der Waals surface area contributed by atoms with Crippen LogP contribution < -0.4 is 10.2 Å². The van der Waals surface area contributed by atoms with Gasteiger partial charge in [0.15, 0.2) is 0 Å². The number of nitrogens with one attached hydrogen (secondary N) is 1. The van der Waals surface area contributed by atoms with Crippen molar-refractivity contribution in [1.82, 2.24) is 19.7 Å². The van der Waals surface area contributed by atoms with E-state index in [2.05, 4.69) is 20.3 Å². The third kappa shape index (κ3) is 3.72. The van der Waals surface area contributed by atoms with Gasteiger partial charge in [-0.3, -0.25) is 4.79 Å². The fourth-order valence-electron chi connectivity index (χ4n) is 4.32. The van der Waals surface area contributed by atoms with Crippen LogP contribution >= 0.6 is 23.2 Å². The molecule has 1 amide bonds. The van der Waals surface area contributed by atoms with Crippen molar-refractivity contribution >= 4 is 40.7 Å². The van der Waals surface area contributed by atoms with Gasteiger partial charge in [0.1, 0.15) is 17.7 Å². The summed E-state index contributed by atoms with van der Waals surface area (Å²) in [5.74, 6) is 1.76. The molecule has 0 aliphatic carbocycles. The summed E-state index contributed by atoms with van der Waals surface area (Å²) in [4.78, 5) is 22.3. The second kappa shape index (κ2) is 8.48. The lowest BCUT2D eigenvalue weighted by Gasteiger charge is -2.38. The molecule has 164 valence electrons. The summed E-state index contributed by atoms with van der Waals surface area (Å²) < 4.78 is 1.82. The van der Waals surface area contributed by atoms with Crippen LogP contribution in [0.5, 0.6) is 0 Å². The van der Waals surface area contributed by atoms with Gasteiger partial charge in [-0.2, -0.15) is 5.10 Å². The number of fused-ring (bicyclic) bond motifs is 1. The van der Waals surface area contributed by atoms with Gasteiger partial charge in [-0.05, 0) is 36.8 Å². The highest BCUT2D eigenvalue weighted by Gasteiger charge is 2.36. The van der Waals surface area contributed by atoms with Gasteiger partial charge < -0.3 is 15.1 Å². The molecule has 7 nitrogen and oxygen atoms in total. The van der Waals surface area contributed by atoms with Crippen LogP contribution in [0, 0.1) is 0 Å². The molecule has 1 saturated heterocycles. The van der Waals surface area contributed by atoms with Crippen molar-refractivity contribution < 1.29 is 4.79 Å². The van der Waals surface area contributed by atoms with E-state index in [9.17, 15) is 4.79 Å². The Morgan fingerprint density at radius 2 is 1.84 bits per heavy atom. The van der Waals surface area contributed by atoms with Crippen LogP contribution in [-0.4, -0.2) is 51.8 Å². The van der Waals surface area contributed by atoms with E-state index in [4.69, 9.17) is 23.2 Å². The van der Waals surface area contributed by atoms with E-state index in [0.29, 0.717) is 28.7 Å². The van der Waals surface area contributed by atoms with Gasteiger partial charge in [-0.15, -0.1) is 0 Å². The number of halogens is 2. The molecule has 1 fully saturated rings. The molecule has 0 saturated carbocycles. The third-order valence-corrected chi connectivity index (χ3v) is 6.68. The van der Waals surface area contributed by atoms with Crippen LogP contribution in [0.2, 0.25) is 10.0 Å². The Kier molecular flexibility index (Phi) is 5.53. The van der Waals surface area contributed by atoms with Gasteiger partial charge in [-0.25, -0.2) is 9.67 Å². The first-order valence-corrected chi connectivity index (χ1v) is 11.2. The van der Waals surface area contributed by atoms with Crippen molar-refractivity contribution in [2.75, 3.05) is 36.4 Å². The zero-order valence-corrected chi connectivity index (χ0v) is 19.0. The van der Waals surface area contributed by atoms with Crippen molar-refractivity contribution in [2.24, 2.45) is 0 Å². The molecule has 0 radical (unpaired) electrons. The number of allylic oxidation sites excluding steroid dienone is 1. The lowest BCUT2D eigenvalue weighted by Crippen LogP contribution is -2.50. The SMILES string of the molecule is CC1=C(C(=O)N2CCN(c3ccccn3)CC2)C(c2ccc(Cl)c(Cl)c2)n2nccc2N1. The number of carbonyl (C=O) groups excluding carboxylic acids is 1. The van der Waals surface area contributed by atoms with E-state index in [1.807, 2.05) is 52.9 Å². The minimum Gasteiger partial charge on any atom is -0.353 e. The average molecular weight is 469 g/mol. The fraction of sp³-hybridized carbons (Fsp3) is 0.261. The summed E-state index contributed by atoms with van der Waals surface area (Å²) in [6.45, 7) is 4.62. The molecule has 2 aromatic heterocycles. The summed E-state index contributed by atoms with van der Waals surface area (Å²) in [6.07, 6.45) is 3.51. The molecule has 1 N–H and O–H groups in total. The fourth-order valence-corrected chi connectivity index (χ4v) is 4.63. The monoisotopic (exact) mass is 468 g/mol. The lowest BCUT2D eigenvalue weighted by atomic mass is 9.94. The minimum absolute atomic E-state index is 0.00658. The molecule has 32 heavy (non-hydrogen) atoms. The maximum absolute atomic E-state index is 13.8. The molecule has 0 bridgehead atoms. The second-order valence-corrected chi connectivity index (χ2v) is 8.68. The predicted molar refractivity (Wildman–Crippen MR) is 126 cm³/mol. The molecule has 9 heteroatoms. The zero-order valence-electron chi connectivity index (χ0n) is 17.5. The smallest absolute Gasteiger partial charge is 0.254 e. The molecule has 4 heterocycles. The van der Waals surface area contributed by atoms with Crippen LogP contribution in [0.15, 0.2) is 66.1 Å². The quantitative estimate of drug-likeness (QED) is 0.622. The number of benzene rings is 1. The number of anilines is 2. The van der Waals surface area contributed by atoms with Gasteiger partial charge in [0.25, 0.3) is 5.91 Å². The van der Waals surface area contributed by atoms with E-state index in [1.165, 1.54) is 0 Å². The first kappa shape index (κ1) is 20.8. The second-order valence-electron chi connectivity index (χ2n) is 7.87. The van der Waals surface area contributed by atoms with Crippen LogP contribution in [-0.2, 0) is 4.79 Å². The number of piperazine rings is 1. The number of pyridine rings is 1. The Morgan fingerprint density at radius 1 is 1.03 bits per heavy atom. The van der Waals surface area contributed by atoms with Crippen LogP contribution in [0.4, 0.5) is 11.6 Å². The molecule has 1 aromatic carbocycles. The standard InChI is InChI=1S/C23H22Cl2N6O/c1-15-21(23(32)30-12-10-29(11-13-30)19-4-2-3-8-26-19)22(31-20(28-15)7-9-27-31)16-5-6-17(24)18(25)14-16/h2-9,14,22,28H,10-13H2,1H3. The van der Waals surface area contributed by atoms with Gasteiger partial charge in [0, 0.05) is 44.1 Å². The maximum Gasteiger partial charge on any atom is 0.254 e. The van der Waals surface area contributed by atoms with Gasteiger partial charge in [-0.1, -0.05) is 35.3 Å². The lowest BCUT2D eigenvalue weighted by molar-refractivity contribution is -0.128. The van der Waals surface area contributed by atoms with Crippen molar-refractivity contribution in [3.63, 3.8) is 0 Å². The first-order valence-electron chi connectivity index (χ1n) is 10.4. The molecular weight excluding hydrogens is 447 g/mol. The Labute approximate surface area is 196 Å². The van der Waals surface area contributed by atoms with Gasteiger partial charge in [0.05, 0.1) is 21.8 Å². The molecule has 2 aliphatic rings. The van der Waals surface area contributed by atoms with E-state index >= 15 is 0 Å². The van der Waals surface area contributed by atoms with E-state index < -0.39 is 6.04 Å². The Hall–Kier alpha value is -3.03. The third-order valence-electron chi connectivity index (χ3n) is 5.94. The van der Waals surface area contributed by atoms with Crippen LogP contribution in [0.25, 0.3) is 0 Å². The highest BCUT2D eigenvalue weighted by molar-refractivity contribution is 6.42. The minimum atomic E-state index is -0.391. The number of carbonyl (C=O) groups is 1. The number of nitrogens with zero attached hydrogens (tertiary/aromatic N) is 5. The highest BCUT2D eigenvalue weighted by atomic mass is 35.5. The molecule has 0 spiro atoms. The predicted octanol–water partition coefficient (Wildman–Crippen LogP) is 4.22. The normalized spacial score (nSPS) is 18.4. The Morgan fingerprint density at radius 3 is 2.56 bits per heavy atom. The highest BCUT2D eigenvalue weighted by Crippen LogP contribution is 2.38. The van der Waals surface area contributed by atoms with Crippen LogP contribution in [0.1, 0.15) is 18.5 Å². The molecule has 1 atom stereocenters. The van der Waals surface area contributed by atoms with Crippen molar-refractivity contribution in [3.8, 4) is 0 Å². The van der Waals surface area contributed by atoms with E-state index in [1.54, 1.807) is 18.5 Å². The van der Waals surface area contributed by atoms with E-state index in [-0.39, 0.29) is 5.91 Å². The number of rotatable bonds is 3. The van der Waals surface area contributed by atoms with Gasteiger partial charge in [0.2, 0.25) is 0 Å². The van der Waals surface area contributed by atoms with Crippen LogP contribution in [0.3, 0.4) is 0 Å². The number of aromatic nitrogens is 3. The summed E-state index contributed by atoms with van der Waals surface area (Å²) >= 11 is 12.5. The maximum atomic E-state index is 13.8. The summed E-state index contributed by atoms with van der Waals surface area (Å²) in [5, 5.41) is 8.74. The summed E-state index contributed by atoms with van der Waals surface area (Å²) in [6, 6.07) is 12.8. The number of hydrogen-bond acceptors (Lipinski definition) is 5. The molecular formula is C23H22Cl2N6O.